The number of hydrogen-bond acceptors (Lipinski definition) is 3. The molecule has 210 valence electrons. The van der Waals surface area contributed by atoms with Crippen LogP contribution < -0.4 is 16.4 Å². The minimum absolute atomic E-state index is 0.115. The van der Waals surface area contributed by atoms with Crippen molar-refractivity contribution in [1.82, 2.24) is 0 Å². The van der Waals surface area contributed by atoms with Crippen molar-refractivity contribution >= 4 is 108 Å². The number of furan rings is 1. The van der Waals surface area contributed by atoms with Crippen LogP contribution in [0.4, 0.5) is 0 Å². The van der Waals surface area contributed by atoms with Crippen molar-refractivity contribution in [2.75, 3.05) is 0 Å². The van der Waals surface area contributed by atoms with Crippen molar-refractivity contribution in [2.24, 2.45) is 0 Å². The maximum Gasteiger partial charge on any atom is 0.244 e. The van der Waals surface area contributed by atoms with E-state index < -0.39 is 0 Å². The highest BCUT2D eigenvalue weighted by molar-refractivity contribution is 7.27. The van der Waals surface area contributed by atoms with E-state index in [4.69, 9.17) is 4.42 Å². The van der Waals surface area contributed by atoms with Gasteiger partial charge in [0.05, 0.1) is 0 Å². The van der Waals surface area contributed by atoms with E-state index in [1.807, 2.05) is 22.7 Å². The van der Waals surface area contributed by atoms with Crippen LogP contribution in [0.5, 0.6) is 0 Å². The molecule has 10 aromatic rings. The van der Waals surface area contributed by atoms with Crippen LogP contribution in [0.15, 0.2) is 132 Å². The van der Waals surface area contributed by atoms with Crippen LogP contribution in [0.1, 0.15) is 0 Å². The molecule has 0 bridgehead atoms. The second-order valence-corrected chi connectivity index (χ2v) is 14.9. The quantitative estimate of drug-likeness (QED) is 0.167. The Kier molecular flexibility index (Phi) is 4.38. The lowest BCUT2D eigenvalue weighted by Crippen LogP contribution is -2.52. The van der Waals surface area contributed by atoms with Crippen LogP contribution in [0.2, 0.25) is 0 Å². The molecule has 0 N–H and O–H groups in total. The van der Waals surface area contributed by atoms with Crippen molar-refractivity contribution in [3.63, 3.8) is 0 Å². The smallest absolute Gasteiger partial charge is 0.244 e. The molecule has 0 aliphatic carbocycles. The summed E-state index contributed by atoms with van der Waals surface area (Å²) in [5, 5.41) is 7.94. The maximum atomic E-state index is 6.63. The van der Waals surface area contributed by atoms with Gasteiger partial charge in [-0.15, -0.1) is 22.7 Å². The van der Waals surface area contributed by atoms with Crippen LogP contribution in [0, 0.1) is 0 Å². The molecule has 0 fully saturated rings. The Labute approximate surface area is 272 Å². The van der Waals surface area contributed by atoms with Crippen molar-refractivity contribution in [3.05, 3.63) is 127 Å². The predicted molar refractivity (Wildman–Crippen MR) is 200 cm³/mol. The van der Waals surface area contributed by atoms with E-state index in [0.29, 0.717) is 0 Å². The number of fused-ring (bicyclic) bond motifs is 7. The number of para-hydroxylation sites is 2. The van der Waals surface area contributed by atoms with Crippen LogP contribution >= 0.6 is 22.7 Å². The third kappa shape index (κ3) is 2.84. The Bertz CT molecular complexity index is 2850. The molecule has 0 atom stereocenters. The fourth-order valence-electron chi connectivity index (χ4n) is 8.73. The maximum absolute atomic E-state index is 6.63. The summed E-state index contributed by atoms with van der Waals surface area (Å²) in [6.07, 6.45) is 0. The molecule has 0 saturated carbocycles. The summed E-state index contributed by atoms with van der Waals surface area (Å²) in [7, 11) is 0. The normalized spacial score (nSPS) is 13.2. The van der Waals surface area contributed by atoms with Gasteiger partial charge in [0.1, 0.15) is 11.2 Å². The Morgan fingerprint density at radius 2 is 0.957 bits per heavy atom. The molecular formula is C42H21BOS2. The zero-order valence-corrected chi connectivity index (χ0v) is 26.1. The molecule has 7 aromatic carbocycles. The van der Waals surface area contributed by atoms with Gasteiger partial charge < -0.3 is 4.42 Å². The van der Waals surface area contributed by atoms with Crippen molar-refractivity contribution < 1.29 is 4.42 Å². The molecule has 0 radical (unpaired) electrons. The molecule has 1 nitrogen and oxygen atoms in total. The van der Waals surface area contributed by atoms with Gasteiger partial charge in [0.15, 0.2) is 0 Å². The van der Waals surface area contributed by atoms with Gasteiger partial charge in [-0.3, -0.25) is 0 Å². The average Bonchev–Trinajstić information content (AvgIpc) is 3.75. The Morgan fingerprint density at radius 1 is 0.435 bits per heavy atom. The van der Waals surface area contributed by atoms with E-state index in [9.17, 15) is 0 Å². The first-order valence-electron chi connectivity index (χ1n) is 15.8. The van der Waals surface area contributed by atoms with Crippen LogP contribution in [-0.4, -0.2) is 6.71 Å². The summed E-state index contributed by atoms with van der Waals surface area (Å²) < 4.78 is 12.1. The van der Waals surface area contributed by atoms with Gasteiger partial charge in [-0.25, -0.2) is 0 Å². The third-order valence-corrected chi connectivity index (χ3v) is 12.7. The van der Waals surface area contributed by atoms with E-state index in [-0.39, 0.29) is 6.71 Å². The SMILES string of the molecule is c1ccc2c(c1)oc1c(-c3cc4c5c(c3)-c3cccc6sc7cccc(c7c36)B5c3cccc5sc6cccc-4c6c35)cccc12. The molecule has 3 aromatic heterocycles. The second-order valence-electron chi connectivity index (χ2n) is 12.7. The molecule has 0 amide bonds. The lowest BCUT2D eigenvalue weighted by atomic mass is 9.35. The molecule has 0 spiro atoms. The van der Waals surface area contributed by atoms with Gasteiger partial charge in [0.2, 0.25) is 6.71 Å². The van der Waals surface area contributed by atoms with Gasteiger partial charge in [-0.1, -0.05) is 101 Å². The van der Waals surface area contributed by atoms with E-state index in [2.05, 4.69) is 127 Å². The summed E-state index contributed by atoms with van der Waals surface area (Å²) >= 11 is 3.84. The third-order valence-electron chi connectivity index (χ3n) is 10.5. The first-order chi connectivity index (χ1) is 22.8. The van der Waals surface area contributed by atoms with Crippen molar-refractivity contribution in [3.8, 4) is 33.4 Å². The zero-order valence-electron chi connectivity index (χ0n) is 24.4. The van der Waals surface area contributed by atoms with Gasteiger partial charge in [0.25, 0.3) is 0 Å². The van der Waals surface area contributed by atoms with E-state index in [1.165, 1.54) is 84.6 Å². The van der Waals surface area contributed by atoms with Gasteiger partial charge >= 0.3 is 0 Å². The summed E-state index contributed by atoms with van der Waals surface area (Å²) in [4.78, 5) is 0. The van der Waals surface area contributed by atoms with Crippen molar-refractivity contribution in [2.45, 2.75) is 0 Å². The molecule has 4 heteroatoms. The number of thiophene rings is 2. The predicted octanol–water partition coefficient (Wildman–Crippen LogP) is 10.5. The molecule has 0 unspecified atom stereocenters. The lowest BCUT2D eigenvalue weighted by Gasteiger charge is -2.22. The first-order valence-corrected chi connectivity index (χ1v) is 17.4. The van der Waals surface area contributed by atoms with Gasteiger partial charge in [-0.05, 0) is 81.1 Å². The molecule has 2 aliphatic heterocycles. The Hall–Kier alpha value is -5.16. The van der Waals surface area contributed by atoms with Crippen LogP contribution in [0.3, 0.4) is 0 Å². The van der Waals surface area contributed by atoms with Crippen LogP contribution in [0.25, 0.3) is 95.7 Å². The number of rotatable bonds is 1. The number of hydrogen-bond donors (Lipinski definition) is 0. The molecule has 2 aliphatic rings. The highest BCUT2D eigenvalue weighted by Crippen LogP contribution is 2.47. The van der Waals surface area contributed by atoms with Gasteiger partial charge in [0, 0.05) is 45.9 Å². The van der Waals surface area contributed by atoms with Crippen molar-refractivity contribution in [1.29, 1.82) is 0 Å². The zero-order chi connectivity index (χ0) is 29.7. The highest BCUT2D eigenvalue weighted by atomic mass is 32.1. The highest BCUT2D eigenvalue weighted by Gasteiger charge is 2.38. The first kappa shape index (κ1) is 24.1. The largest absolute Gasteiger partial charge is 0.455 e. The van der Waals surface area contributed by atoms with E-state index in [1.54, 1.807) is 0 Å². The fraction of sp³-hybridized carbons (Fsp3) is 0. The molecule has 46 heavy (non-hydrogen) atoms. The minimum atomic E-state index is 0.115. The molecular weight excluding hydrogens is 595 g/mol. The summed E-state index contributed by atoms with van der Waals surface area (Å²) in [6.45, 7) is 0.115. The molecule has 12 rings (SSSR count). The number of benzene rings is 7. The average molecular weight is 617 g/mol. The second kappa shape index (κ2) is 8.35. The standard InChI is InChI=1S/C42H21BOS2/c1-2-15-32-24(8-1)27-12-3-9-23(42(27)44-32)22-20-28-25-10-4-16-33-37(25)39-30(13-6-18-35(39)45-33)43-31-14-7-19-36-40(31)38-26(29(21-22)41(28)43)11-5-17-34(38)46-36/h1-21H. The van der Waals surface area contributed by atoms with Gasteiger partial charge in [-0.2, -0.15) is 0 Å². The summed E-state index contributed by atoms with van der Waals surface area (Å²) in [6, 6.07) is 47.7. The van der Waals surface area contributed by atoms with Crippen LogP contribution in [-0.2, 0) is 0 Å². The lowest BCUT2D eigenvalue weighted by molar-refractivity contribution is 0.670. The Morgan fingerprint density at radius 3 is 1.61 bits per heavy atom. The van der Waals surface area contributed by atoms with E-state index >= 15 is 0 Å². The summed E-state index contributed by atoms with van der Waals surface area (Å²) in [5.41, 5.74) is 13.8. The Balaban J connectivity index is 1.32. The summed E-state index contributed by atoms with van der Waals surface area (Å²) in [5.74, 6) is 0. The monoisotopic (exact) mass is 616 g/mol. The molecule has 0 saturated heterocycles. The van der Waals surface area contributed by atoms with E-state index in [0.717, 1.165) is 27.5 Å². The minimum Gasteiger partial charge on any atom is -0.455 e. The molecule has 5 heterocycles. The fourth-order valence-corrected chi connectivity index (χ4v) is 11.1. The topological polar surface area (TPSA) is 13.1 Å².